The lowest BCUT2D eigenvalue weighted by Gasteiger charge is -2.14. The van der Waals surface area contributed by atoms with E-state index in [1.54, 1.807) is 0 Å². The van der Waals surface area contributed by atoms with Crippen LogP contribution in [0.2, 0.25) is 0 Å². The van der Waals surface area contributed by atoms with Crippen molar-refractivity contribution in [2.24, 2.45) is 7.05 Å². The Bertz CT molecular complexity index is 1360. The third kappa shape index (κ3) is 3.69. The molecule has 0 aliphatic carbocycles. The van der Waals surface area contributed by atoms with Crippen molar-refractivity contribution in [1.82, 2.24) is 19.7 Å². The van der Waals surface area contributed by atoms with Gasteiger partial charge in [0.1, 0.15) is 0 Å². The fourth-order valence-corrected chi connectivity index (χ4v) is 4.24. The molecule has 0 amide bonds. The van der Waals surface area contributed by atoms with Crippen LogP contribution in [0.15, 0.2) is 59.5 Å². The Hall–Kier alpha value is -3.10. The van der Waals surface area contributed by atoms with Crippen molar-refractivity contribution < 1.29 is 13.2 Å². The highest BCUT2D eigenvalue weighted by molar-refractivity contribution is 5.87. The number of halogens is 4. The van der Waals surface area contributed by atoms with Gasteiger partial charge in [0.2, 0.25) is 0 Å². The van der Waals surface area contributed by atoms with E-state index in [9.17, 15) is 18.0 Å². The number of alkyl halides is 3. The van der Waals surface area contributed by atoms with Gasteiger partial charge in [-0.25, -0.2) is 0 Å². The third-order valence-electron chi connectivity index (χ3n) is 5.85. The van der Waals surface area contributed by atoms with Crippen molar-refractivity contribution in [2.45, 2.75) is 19.1 Å². The summed E-state index contributed by atoms with van der Waals surface area (Å²) in [5.41, 5.74) is 4.15. The van der Waals surface area contributed by atoms with Gasteiger partial charge in [-0.15, -0.1) is 12.4 Å². The van der Waals surface area contributed by atoms with E-state index < -0.39 is 11.7 Å². The van der Waals surface area contributed by atoms with Gasteiger partial charge in [0.05, 0.1) is 23.0 Å². The molecule has 32 heavy (non-hydrogen) atoms. The van der Waals surface area contributed by atoms with Crippen LogP contribution in [0, 0.1) is 0 Å². The number of hydrogen-bond donors (Lipinski definition) is 1. The largest absolute Gasteiger partial charge is 0.416 e. The number of nitrogens with one attached hydrogen (secondary N) is 1. The normalized spacial score (nSPS) is 13.6. The van der Waals surface area contributed by atoms with E-state index in [0.717, 1.165) is 42.5 Å². The van der Waals surface area contributed by atoms with Crippen LogP contribution in [-0.4, -0.2) is 20.9 Å². The van der Waals surface area contributed by atoms with E-state index in [1.165, 1.54) is 40.3 Å². The van der Waals surface area contributed by atoms with E-state index in [1.807, 2.05) is 25.2 Å². The molecule has 1 N–H and O–H groups in total. The molecule has 9 heteroatoms. The molecule has 0 radical (unpaired) electrons. The first-order valence-electron chi connectivity index (χ1n) is 9.91. The summed E-state index contributed by atoms with van der Waals surface area (Å²) < 4.78 is 41.8. The lowest BCUT2D eigenvalue weighted by atomic mass is 10.1. The van der Waals surface area contributed by atoms with Crippen LogP contribution >= 0.6 is 12.4 Å². The minimum atomic E-state index is -4.40. The first-order valence-corrected chi connectivity index (χ1v) is 9.91. The van der Waals surface area contributed by atoms with Crippen LogP contribution in [-0.2, 0) is 26.2 Å². The molecule has 0 unspecified atom stereocenters. The van der Waals surface area contributed by atoms with Crippen molar-refractivity contribution in [3.63, 3.8) is 0 Å². The minimum absolute atomic E-state index is 0. The van der Waals surface area contributed by atoms with Gasteiger partial charge in [0.15, 0.2) is 0 Å². The zero-order chi connectivity index (χ0) is 21.8. The summed E-state index contributed by atoms with van der Waals surface area (Å²) in [6, 6.07) is 11.9. The lowest BCUT2D eigenvalue weighted by Crippen LogP contribution is -2.24. The quantitative estimate of drug-likeness (QED) is 0.480. The monoisotopic (exact) mass is 460 g/mol. The fraction of sp³-hybridized carbons (Fsp3) is 0.217. The van der Waals surface area contributed by atoms with Crippen molar-refractivity contribution in [1.29, 1.82) is 0 Å². The van der Waals surface area contributed by atoms with Gasteiger partial charge in [-0.05, 0) is 35.4 Å². The molecule has 166 valence electrons. The molecule has 0 bridgehead atoms. The summed E-state index contributed by atoms with van der Waals surface area (Å²) in [7, 11) is 2.03. The van der Waals surface area contributed by atoms with Crippen molar-refractivity contribution in [3.05, 3.63) is 81.9 Å². The smallest absolute Gasteiger partial charge is 0.347 e. The van der Waals surface area contributed by atoms with Gasteiger partial charge < -0.3 is 9.88 Å². The van der Waals surface area contributed by atoms with Gasteiger partial charge in [-0.2, -0.15) is 23.0 Å². The third-order valence-corrected chi connectivity index (χ3v) is 5.85. The van der Waals surface area contributed by atoms with Crippen molar-refractivity contribution in [3.8, 4) is 16.8 Å². The lowest BCUT2D eigenvalue weighted by molar-refractivity contribution is -0.137. The molecule has 0 saturated heterocycles. The fourth-order valence-electron chi connectivity index (χ4n) is 4.24. The highest BCUT2D eigenvalue weighted by atomic mass is 35.5. The molecule has 0 fully saturated rings. The molecule has 4 aromatic rings. The average molecular weight is 461 g/mol. The van der Waals surface area contributed by atoms with Gasteiger partial charge in [0, 0.05) is 49.3 Å². The van der Waals surface area contributed by atoms with Crippen LogP contribution in [0.4, 0.5) is 13.2 Å². The number of fused-ring (bicyclic) bond motifs is 3. The summed E-state index contributed by atoms with van der Waals surface area (Å²) in [4.78, 5) is 12.8. The van der Waals surface area contributed by atoms with E-state index in [0.29, 0.717) is 16.8 Å². The zero-order valence-electron chi connectivity index (χ0n) is 17.1. The average Bonchev–Trinajstić information content (AvgIpc) is 3.05. The highest BCUT2D eigenvalue weighted by Gasteiger charge is 2.30. The van der Waals surface area contributed by atoms with Crippen LogP contribution in [0.5, 0.6) is 0 Å². The first-order chi connectivity index (χ1) is 14.8. The maximum Gasteiger partial charge on any atom is 0.416 e. The Kier molecular flexibility index (Phi) is 5.60. The molecule has 5 rings (SSSR count). The SMILES string of the molecule is Cl.Cn1c2c(c3ccc(-n4ncc(-c5ccc(C(F)(F)F)cc5)cc4=O)cc31)CNCC2. The molecule has 0 spiro atoms. The molecule has 2 aromatic heterocycles. The maximum absolute atomic E-state index is 12.8. The summed E-state index contributed by atoms with van der Waals surface area (Å²) in [6.07, 6.45) is -1.95. The molecular formula is C23H20ClF3N4O. The molecule has 0 saturated carbocycles. The second-order valence-corrected chi connectivity index (χ2v) is 7.68. The molecule has 1 aliphatic rings. The Labute approximate surface area is 187 Å². The van der Waals surface area contributed by atoms with Gasteiger partial charge in [0.25, 0.3) is 5.56 Å². The number of hydrogen-bond acceptors (Lipinski definition) is 3. The number of benzene rings is 2. The molecule has 1 aliphatic heterocycles. The summed E-state index contributed by atoms with van der Waals surface area (Å²) >= 11 is 0. The van der Waals surface area contributed by atoms with E-state index >= 15 is 0 Å². The minimum Gasteiger partial charge on any atom is -0.347 e. The Morgan fingerprint density at radius 1 is 1.03 bits per heavy atom. The van der Waals surface area contributed by atoms with Crippen LogP contribution in [0.1, 0.15) is 16.8 Å². The van der Waals surface area contributed by atoms with E-state index in [2.05, 4.69) is 15.0 Å². The summed E-state index contributed by atoms with van der Waals surface area (Å²) in [5, 5.41) is 8.82. The van der Waals surface area contributed by atoms with Crippen LogP contribution < -0.4 is 10.9 Å². The Morgan fingerprint density at radius 2 is 1.78 bits per heavy atom. The van der Waals surface area contributed by atoms with Crippen LogP contribution in [0.3, 0.4) is 0 Å². The van der Waals surface area contributed by atoms with Gasteiger partial charge >= 0.3 is 6.18 Å². The molecular weight excluding hydrogens is 441 g/mol. The number of nitrogens with zero attached hydrogens (tertiary/aromatic N) is 3. The Morgan fingerprint density at radius 3 is 2.47 bits per heavy atom. The second-order valence-electron chi connectivity index (χ2n) is 7.68. The second kappa shape index (κ2) is 8.11. The van der Waals surface area contributed by atoms with E-state index in [-0.39, 0.29) is 18.0 Å². The molecule has 2 aromatic carbocycles. The predicted octanol–water partition coefficient (Wildman–Crippen LogP) is 4.48. The van der Waals surface area contributed by atoms with Crippen molar-refractivity contribution >= 4 is 23.3 Å². The summed E-state index contributed by atoms with van der Waals surface area (Å²) in [6.45, 7) is 1.77. The number of aromatic nitrogens is 3. The number of rotatable bonds is 2. The standard InChI is InChI=1S/C23H19F3N4O.ClH/c1-29-20-8-9-27-13-19(20)18-7-6-17(11-21(18)29)30-22(31)10-15(12-28-30)14-2-4-16(5-3-14)23(24,25)26;/h2-7,10-12,27H,8-9,13H2,1H3;1H. The van der Waals surface area contributed by atoms with Gasteiger partial charge in [-0.3, -0.25) is 4.79 Å². The molecule has 3 heterocycles. The topological polar surface area (TPSA) is 51.9 Å². The van der Waals surface area contributed by atoms with Gasteiger partial charge in [-0.1, -0.05) is 18.2 Å². The van der Waals surface area contributed by atoms with Crippen molar-refractivity contribution in [2.75, 3.05) is 6.54 Å². The Balaban J connectivity index is 0.00000245. The maximum atomic E-state index is 12.8. The first kappa shape index (κ1) is 22.1. The highest BCUT2D eigenvalue weighted by Crippen LogP contribution is 2.31. The zero-order valence-corrected chi connectivity index (χ0v) is 17.9. The molecule has 5 nitrogen and oxygen atoms in total. The summed E-state index contributed by atoms with van der Waals surface area (Å²) in [5.74, 6) is 0. The molecule has 0 atom stereocenters. The predicted molar refractivity (Wildman–Crippen MR) is 119 cm³/mol. The van der Waals surface area contributed by atoms with E-state index in [4.69, 9.17) is 0 Å². The van der Waals surface area contributed by atoms with Crippen LogP contribution in [0.25, 0.3) is 27.7 Å². The number of aryl methyl sites for hydroxylation is 1.